The number of aliphatic hydroxyl groups is 2. The molecule has 6 heteroatoms. The molecule has 0 aromatic heterocycles. The Balaban J connectivity index is 2.65. The molecule has 1 fully saturated rings. The van der Waals surface area contributed by atoms with Gasteiger partial charge in [0, 0.05) is 6.54 Å². The minimum Gasteiger partial charge on any atom is -0.660 e. The van der Waals surface area contributed by atoms with Crippen LogP contribution in [0.25, 0.3) is 5.73 Å². The van der Waals surface area contributed by atoms with Crippen LogP contribution in [-0.2, 0) is 4.79 Å². The van der Waals surface area contributed by atoms with Gasteiger partial charge in [-0.05, 0) is 0 Å². The molecule has 4 atom stereocenters. The number of aliphatic hydroxyl groups excluding tert-OH is 2. The first-order valence-corrected chi connectivity index (χ1v) is 3.57. The minimum absolute atomic E-state index is 0.0156. The number of carbonyl (C=O) groups is 1. The summed E-state index contributed by atoms with van der Waals surface area (Å²) >= 11 is 0. The predicted molar refractivity (Wildman–Crippen MR) is 39.3 cm³/mol. The maximum atomic E-state index is 10.4. The molecule has 1 aliphatic rings. The number of hydrogen-bond donors (Lipinski definition) is 4. The molecule has 0 aliphatic carbocycles. The quantitative estimate of drug-likeness (QED) is 0.383. The molecule has 1 rings (SSSR count). The van der Waals surface area contributed by atoms with Gasteiger partial charge in [-0.25, -0.2) is 0 Å². The molecule has 0 spiro atoms. The lowest BCUT2D eigenvalue weighted by atomic mass is 9.92. The normalized spacial score (nSPS) is 42.6. The van der Waals surface area contributed by atoms with Gasteiger partial charge >= 0.3 is 5.97 Å². The van der Waals surface area contributed by atoms with Crippen LogP contribution >= 0.6 is 0 Å². The Hall–Kier alpha value is -0.690. The van der Waals surface area contributed by atoms with Crippen LogP contribution in [-0.4, -0.2) is 46.2 Å². The molecule has 4 unspecified atom stereocenters. The number of carboxylic acids is 1. The number of hydrogen-bond acceptors (Lipinski definition) is 4. The lowest BCUT2D eigenvalue weighted by molar-refractivity contribution is -0.152. The molecule has 0 radical (unpaired) electrons. The summed E-state index contributed by atoms with van der Waals surface area (Å²) in [6.45, 7) is 0.0156. The first kappa shape index (κ1) is 9.40. The number of carboxylic acid groups (broad SMARTS) is 1. The monoisotopic (exact) mass is 175 g/mol. The van der Waals surface area contributed by atoms with Gasteiger partial charge in [0.15, 0.2) is 0 Å². The van der Waals surface area contributed by atoms with Crippen LogP contribution < -0.4 is 5.32 Å². The van der Waals surface area contributed by atoms with Crippen LogP contribution in [0, 0.1) is 5.92 Å². The first-order valence-electron chi connectivity index (χ1n) is 3.57. The highest BCUT2D eigenvalue weighted by Crippen LogP contribution is 2.16. The Labute approximate surface area is 69.0 Å². The van der Waals surface area contributed by atoms with E-state index >= 15 is 0 Å². The molecule has 0 saturated carbocycles. The lowest BCUT2D eigenvalue weighted by Crippen LogP contribution is -2.57. The third-order valence-electron chi connectivity index (χ3n) is 1.98. The molecular formula is C6H11N2O4-. The highest BCUT2D eigenvalue weighted by molar-refractivity contribution is 5.71. The van der Waals surface area contributed by atoms with Crippen LogP contribution in [0.15, 0.2) is 0 Å². The highest BCUT2D eigenvalue weighted by atomic mass is 16.4. The summed E-state index contributed by atoms with van der Waals surface area (Å²) < 4.78 is 0. The molecule has 6 nitrogen and oxygen atoms in total. The third-order valence-corrected chi connectivity index (χ3v) is 1.98. The van der Waals surface area contributed by atoms with Crippen molar-refractivity contribution < 1.29 is 20.1 Å². The summed E-state index contributed by atoms with van der Waals surface area (Å²) in [4.78, 5) is 10.4. The van der Waals surface area contributed by atoms with E-state index in [1.165, 1.54) is 0 Å². The van der Waals surface area contributed by atoms with E-state index in [1.807, 2.05) is 0 Å². The summed E-state index contributed by atoms with van der Waals surface area (Å²) in [6.07, 6.45) is -3.69. The molecule has 5 N–H and O–H groups in total. The number of nitrogens with one attached hydrogen (secondary N) is 2. The molecule has 1 heterocycles. The van der Waals surface area contributed by atoms with Crippen molar-refractivity contribution in [3.63, 3.8) is 0 Å². The van der Waals surface area contributed by atoms with Crippen molar-refractivity contribution in [1.29, 1.82) is 0 Å². The second kappa shape index (κ2) is 3.36. The van der Waals surface area contributed by atoms with Gasteiger partial charge in [0.25, 0.3) is 0 Å². The Morgan fingerprint density at radius 3 is 2.50 bits per heavy atom. The van der Waals surface area contributed by atoms with E-state index < -0.39 is 30.3 Å². The molecule has 0 bridgehead atoms. The minimum atomic E-state index is -1.36. The van der Waals surface area contributed by atoms with E-state index in [9.17, 15) is 9.90 Å². The zero-order chi connectivity index (χ0) is 9.30. The maximum absolute atomic E-state index is 10.4. The van der Waals surface area contributed by atoms with Gasteiger partial charge < -0.3 is 26.4 Å². The van der Waals surface area contributed by atoms with E-state index in [2.05, 4.69) is 5.32 Å². The Bertz CT molecular complexity index is 186. The van der Waals surface area contributed by atoms with Crippen molar-refractivity contribution in [2.75, 3.05) is 6.54 Å². The average Bonchev–Trinajstić information content (AvgIpc) is 2.00. The van der Waals surface area contributed by atoms with Gasteiger partial charge in [0.1, 0.15) is 0 Å². The summed E-state index contributed by atoms with van der Waals surface area (Å²) in [7, 11) is 0. The standard InChI is InChI=1S/C6H11N2O4/c7-5-4(10)3(9)2(1-8-5)6(11)12/h2-5,7-10H,1H2,(H,11,12)/q-1. The summed E-state index contributed by atoms with van der Waals surface area (Å²) in [6, 6.07) is 0. The largest absolute Gasteiger partial charge is 0.660 e. The lowest BCUT2D eigenvalue weighted by Gasteiger charge is -2.39. The molecule has 0 amide bonds. The van der Waals surface area contributed by atoms with Gasteiger partial charge in [-0.2, -0.15) is 0 Å². The van der Waals surface area contributed by atoms with Crippen molar-refractivity contribution in [3.05, 3.63) is 5.73 Å². The molecule has 0 aromatic carbocycles. The van der Waals surface area contributed by atoms with Crippen LogP contribution in [0.2, 0.25) is 0 Å². The fourth-order valence-corrected chi connectivity index (χ4v) is 1.16. The molecule has 1 aliphatic heterocycles. The van der Waals surface area contributed by atoms with Crippen LogP contribution in [0.5, 0.6) is 0 Å². The summed E-state index contributed by atoms with van der Waals surface area (Å²) in [5.41, 5.74) is 7.13. The number of piperidine rings is 1. The van der Waals surface area contributed by atoms with Crippen molar-refractivity contribution in [2.45, 2.75) is 18.4 Å². The predicted octanol–water partition coefficient (Wildman–Crippen LogP) is -1.61. The molecule has 70 valence electrons. The van der Waals surface area contributed by atoms with Gasteiger partial charge in [-0.15, -0.1) is 0 Å². The molecular weight excluding hydrogens is 164 g/mol. The topological polar surface area (TPSA) is 114 Å². The third kappa shape index (κ3) is 1.56. The first-order chi connectivity index (χ1) is 5.54. The Kier molecular flexibility index (Phi) is 2.63. The van der Waals surface area contributed by atoms with E-state index in [-0.39, 0.29) is 6.54 Å². The number of aliphatic carboxylic acids is 1. The second-order valence-corrected chi connectivity index (χ2v) is 2.81. The highest BCUT2D eigenvalue weighted by Gasteiger charge is 2.36. The van der Waals surface area contributed by atoms with Crippen molar-refractivity contribution in [3.8, 4) is 0 Å². The van der Waals surface area contributed by atoms with E-state index in [1.54, 1.807) is 0 Å². The van der Waals surface area contributed by atoms with Crippen molar-refractivity contribution in [1.82, 2.24) is 5.32 Å². The van der Waals surface area contributed by atoms with Gasteiger partial charge in [-0.1, -0.05) is 6.17 Å². The zero-order valence-electron chi connectivity index (χ0n) is 6.27. The number of rotatable bonds is 1. The van der Waals surface area contributed by atoms with E-state index in [0.717, 1.165) is 0 Å². The fourth-order valence-electron chi connectivity index (χ4n) is 1.16. The molecule has 12 heavy (non-hydrogen) atoms. The van der Waals surface area contributed by atoms with Crippen LogP contribution in [0.4, 0.5) is 0 Å². The average molecular weight is 175 g/mol. The van der Waals surface area contributed by atoms with E-state index in [0.29, 0.717) is 0 Å². The van der Waals surface area contributed by atoms with Crippen molar-refractivity contribution >= 4 is 5.97 Å². The second-order valence-electron chi connectivity index (χ2n) is 2.81. The SMILES string of the molecule is [NH-]C1NCC(C(=O)O)C(O)C1O. The zero-order valence-corrected chi connectivity index (χ0v) is 6.27. The maximum Gasteiger partial charge on any atom is 0.310 e. The molecule has 1 saturated heterocycles. The summed E-state index contributed by atoms with van der Waals surface area (Å²) in [5.74, 6) is -2.19. The van der Waals surface area contributed by atoms with Crippen LogP contribution in [0.3, 0.4) is 0 Å². The fraction of sp³-hybridized carbons (Fsp3) is 0.833. The van der Waals surface area contributed by atoms with Gasteiger partial charge in [-0.3, -0.25) is 4.79 Å². The Morgan fingerprint density at radius 1 is 1.42 bits per heavy atom. The smallest absolute Gasteiger partial charge is 0.310 e. The Morgan fingerprint density at radius 2 is 2.00 bits per heavy atom. The molecule has 0 aromatic rings. The van der Waals surface area contributed by atoms with Gasteiger partial charge in [0.2, 0.25) is 0 Å². The van der Waals surface area contributed by atoms with Crippen LogP contribution in [0.1, 0.15) is 0 Å². The summed E-state index contributed by atoms with van der Waals surface area (Å²) in [5, 5.41) is 29.3. The van der Waals surface area contributed by atoms with E-state index in [4.69, 9.17) is 15.9 Å². The van der Waals surface area contributed by atoms with Gasteiger partial charge in [0.05, 0.1) is 18.1 Å². The van der Waals surface area contributed by atoms with Crippen molar-refractivity contribution in [2.24, 2.45) is 5.92 Å².